The maximum absolute atomic E-state index is 12.6. The summed E-state index contributed by atoms with van der Waals surface area (Å²) >= 11 is 11.3. The number of hydrogen-bond donors (Lipinski definition) is 0. The largest absolute Gasteiger partial charge is 0.416 e. The van der Waals surface area contributed by atoms with Crippen LogP contribution >= 0.6 is 23.2 Å². The molecule has 0 saturated heterocycles. The van der Waals surface area contributed by atoms with Crippen LogP contribution in [0.4, 0.5) is 26.3 Å². The first-order valence-electron chi connectivity index (χ1n) is 12.0. The molecule has 36 heavy (non-hydrogen) atoms. The van der Waals surface area contributed by atoms with Crippen molar-refractivity contribution in [3.05, 3.63) is 69.8 Å². The van der Waals surface area contributed by atoms with E-state index < -0.39 is 23.5 Å². The standard InChI is InChI=1S/2C13H15ClF3N/c2*14-5-1-6-18-7-4-10-8-12(13(15,16)17)3-2-11(10)9-18/h2*2-3,8H,1,4-7,9H2. The Hall–Kier alpha value is -1.48. The van der Waals surface area contributed by atoms with Crippen LogP contribution in [0.25, 0.3) is 0 Å². The summed E-state index contributed by atoms with van der Waals surface area (Å²) in [6, 6.07) is 8.12. The third kappa shape index (κ3) is 8.27. The van der Waals surface area contributed by atoms with Crippen molar-refractivity contribution in [2.75, 3.05) is 37.9 Å². The number of benzene rings is 2. The number of hydrogen-bond acceptors (Lipinski definition) is 2. The van der Waals surface area contributed by atoms with Crippen molar-refractivity contribution in [2.45, 2.75) is 51.1 Å². The molecule has 200 valence electrons. The minimum atomic E-state index is -4.25. The normalized spacial score (nSPS) is 16.7. The zero-order valence-corrected chi connectivity index (χ0v) is 21.4. The fraction of sp³-hybridized carbons (Fsp3) is 0.538. The van der Waals surface area contributed by atoms with Crippen LogP contribution in [0.2, 0.25) is 0 Å². The number of fused-ring (bicyclic) bond motifs is 2. The van der Waals surface area contributed by atoms with Gasteiger partial charge in [0.1, 0.15) is 0 Å². The van der Waals surface area contributed by atoms with Crippen LogP contribution < -0.4 is 0 Å². The summed E-state index contributed by atoms with van der Waals surface area (Å²) in [5.41, 5.74) is 2.57. The Labute approximate surface area is 218 Å². The van der Waals surface area contributed by atoms with Crippen molar-refractivity contribution in [2.24, 2.45) is 0 Å². The summed E-state index contributed by atoms with van der Waals surface area (Å²) in [5.74, 6) is 1.24. The molecule has 0 atom stereocenters. The van der Waals surface area contributed by atoms with E-state index in [-0.39, 0.29) is 0 Å². The predicted octanol–water partition coefficient (Wildman–Crippen LogP) is 7.38. The Kier molecular flexibility index (Phi) is 10.4. The topological polar surface area (TPSA) is 6.48 Å². The second-order valence-corrected chi connectivity index (χ2v) is 9.86. The van der Waals surface area contributed by atoms with Gasteiger partial charge < -0.3 is 0 Å². The van der Waals surface area contributed by atoms with Gasteiger partial charge in [0.25, 0.3) is 0 Å². The Morgan fingerprint density at radius 2 is 1.00 bits per heavy atom. The molecule has 2 nitrogen and oxygen atoms in total. The van der Waals surface area contributed by atoms with Gasteiger partial charge in [-0.05, 0) is 85.3 Å². The SMILES string of the molecule is FC(F)(F)c1ccc2c(c1)CCN(CCCCl)C2.FC(F)(F)c1ccc2c(c1)CCN(CCCCl)C2. The van der Waals surface area contributed by atoms with E-state index in [1.165, 1.54) is 24.3 Å². The molecule has 0 saturated carbocycles. The average molecular weight is 555 g/mol. The summed E-state index contributed by atoms with van der Waals surface area (Å²) in [6.45, 7) is 4.89. The highest BCUT2D eigenvalue weighted by Crippen LogP contribution is 2.33. The molecular formula is C26H30Cl2F6N2. The van der Waals surface area contributed by atoms with E-state index in [9.17, 15) is 26.3 Å². The van der Waals surface area contributed by atoms with Gasteiger partial charge in [0.2, 0.25) is 0 Å². The molecule has 4 rings (SSSR count). The molecule has 2 aromatic rings. The molecule has 0 aliphatic carbocycles. The third-order valence-corrected chi connectivity index (χ3v) is 7.00. The monoisotopic (exact) mass is 554 g/mol. The van der Waals surface area contributed by atoms with Crippen molar-refractivity contribution in [1.29, 1.82) is 0 Å². The maximum atomic E-state index is 12.6. The molecular weight excluding hydrogens is 525 g/mol. The second kappa shape index (κ2) is 12.9. The molecule has 2 aliphatic rings. The first kappa shape index (κ1) is 29.1. The van der Waals surface area contributed by atoms with Crippen LogP contribution in [0.1, 0.15) is 46.2 Å². The minimum absolute atomic E-state index is 0.546. The van der Waals surface area contributed by atoms with Gasteiger partial charge >= 0.3 is 12.4 Å². The highest BCUT2D eigenvalue weighted by molar-refractivity contribution is 6.18. The lowest BCUT2D eigenvalue weighted by Crippen LogP contribution is -2.31. The first-order valence-corrected chi connectivity index (χ1v) is 13.0. The van der Waals surface area contributed by atoms with Gasteiger partial charge in [-0.25, -0.2) is 0 Å². The quantitative estimate of drug-likeness (QED) is 0.271. The summed E-state index contributed by atoms with van der Waals surface area (Å²) in [4.78, 5) is 4.47. The minimum Gasteiger partial charge on any atom is -0.299 e. The van der Waals surface area contributed by atoms with Crippen LogP contribution in [0.5, 0.6) is 0 Å². The fourth-order valence-electron chi connectivity index (χ4n) is 4.52. The van der Waals surface area contributed by atoms with Crippen molar-refractivity contribution >= 4 is 23.2 Å². The van der Waals surface area contributed by atoms with E-state index in [0.29, 0.717) is 24.6 Å². The van der Waals surface area contributed by atoms with Crippen molar-refractivity contribution in [3.63, 3.8) is 0 Å². The van der Waals surface area contributed by atoms with Gasteiger partial charge in [-0.1, -0.05) is 12.1 Å². The van der Waals surface area contributed by atoms with Gasteiger partial charge in [-0.15, -0.1) is 23.2 Å². The third-order valence-electron chi connectivity index (χ3n) is 6.47. The number of halogens is 8. The van der Waals surface area contributed by atoms with Gasteiger partial charge in [-0.3, -0.25) is 9.80 Å². The second-order valence-electron chi connectivity index (χ2n) is 9.10. The van der Waals surface area contributed by atoms with Crippen molar-refractivity contribution in [3.8, 4) is 0 Å². The maximum Gasteiger partial charge on any atom is 0.416 e. The summed E-state index contributed by atoms with van der Waals surface area (Å²) in [5, 5.41) is 0. The van der Waals surface area contributed by atoms with Gasteiger partial charge in [0, 0.05) is 37.9 Å². The first-order chi connectivity index (χ1) is 17.0. The van der Waals surface area contributed by atoms with E-state index in [0.717, 1.165) is 74.4 Å². The molecule has 0 fully saturated rings. The summed E-state index contributed by atoms with van der Waals surface area (Å²) < 4.78 is 75.5. The lowest BCUT2D eigenvalue weighted by Gasteiger charge is -2.29. The van der Waals surface area contributed by atoms with E-state index in [2.05, 4.69) is 9.80 Å². The lowest BCUT2D eigenvalue weighted by atomic mass is 9.97. The van der Waals surface area contributed by atoms with Gasteiger partial charge in [0.05, 0.1) is 11.1 Å². The Bertz CT molecular complexity index is 914. The van der Waals surface area contributed by atoms with E-state index in [1.54, 1.807) is 12.1 Å². The molecule has 2 heterocycles. The van der Waals surface area contributed by atoms with Crippen molar-refractivity contribution in [1.82, 2.24) is 9.80 Å². The zero-order chi connectivity index (χ0) is 26.3. The summed E-state index contributed by atoms with van der Waals surface area (Å²) in [7, 11) is 0. The lowest BCUT2D eigenvalue weighted by molar-refractivity contribution is -0.138. The van der Waals surface area contributed by atoms with Crippen LogP contribution in [0, 0.1) is 0 Å². The highest BCUT2D eigenvalue weighted by Gasteiger charge is 2.32. The Balaban J connectivity index is 0.000000201. The molecule has 0 spiro atoms. The molecule has 0 aromatic heterocycles. The van der Waals surface area contributed by atoms with E-state index in [4.69, 9.17) is 23.2 Å². The fourth-order valence-corrected chi connectivity index (χ4v) is 4.76. The number of nitrogens with zero attached hydrogens (tertiary/aromatic N) is 2. The van der Waals surface area contributed by atoms with E-state index in [1.807, 2.05) is 0 Å². The number of rotatable bonds is 6. The summed E-state index contributed by atoms with van der Waals surface area (Å²) in [6.07, 6.45) is -5.30. The molecule has 0 amide bonds. The molecule has 0 bridgehead atoms. The average Bonchev–Trinajstić information content (AvgIpc) is 2.84. The van der Waals surface area contributed by atoms with Crippen LogP contribution in [-0.2, 0) is 38.3 Å². The van der Waals surface area contributed by atoms with Crippen LogP contribution in [0.15, 0.2) is 36.4 Å². The van der Waals surface area contributed by atoms with Gasteiger partial charge in [0.15, 0.2) is 0 Å². The zero-order valence-electron chi connectivity index (χ0n) is 19.9. The van der Waals surface area contributed by atoms with Crippen LogP contribution in [0.3, 0.4) is 0 Å². The molecule has 0 N–H and O–H groups in total. The number of alkyl halides is 8. The molecule has 2 aromatic carbocycles. The Morgan fingerprint density at radius 3 is 1.33 bits per heavy atom. The van der Waals surface area contributed by atoms with Crippen molar-refractivity contribution < 1.29 is 26.3 Å². The smallest absolute Gasteiger partial charge is 0.299 e. The van der Waals surface area contributed by atoms with E-state index >= 15 is 0 Å². The molecule has 0 radical (unpaired) electrons. The molecule has 0 unspecified atom stereocenters. The Morgan fingerprint density at radius 1 is 0.611 bits per heavy atom. The highest BCUT2D eigenvalue weighted by atomic mass is 35.5. The van der Waals surface area contributed by atoms with Crippen LogP contribution in [-0.4, -0.2) is 47.7 Å². The van der Waals surface area contributed by atoms with Gasteiger partial charge in [-0.2, -0.15) is 26.3 Å². The molecule has 2 aliphatic heterocycles. The predicted molar refractivity (Wildman–Crippen MR) is 132 cm³/mol. The molecule has 10 heteroatoms.